The summed E-state index contributed by atoms with van der Waals surface area (Å²) in [6, 6.07) is 27.5. The molecule has 8 nitrogen and oxygen atoms in total. The Kier molecular flexibility index (Phi) is 12.1. The van der Waals surface area contributed by atoms with Crippen molar-refractivity contribution in [2.75, 3.05) is 10.8 Å². The number of hydrogen-bond donors (Lipinski definition) is 1. The second-order valence-corrected chi connectivity index (χ2v) is 13.4. The van der Waals surface area contributed by atoms with Gasteiger partial charge in [0.2, 0.25) is 11.8 Å². The molecule has 0 unspecified atom stereocenters. The van der Waals surface area contributed by atoms with Crippen molar-refractivity contribution < 1.29 is 22.7 Å². The van der Waals surface area contributed by atoms with E-state index in [0.29, 0.717) is 39.9 Å². The number of benzene rings is 4. The van der Waals surface area contributed by atoms with E-state index in [2.05, 4.69) is 5.32 Å². The van der Waals surface area contributed by atoms with Crippen molar-refractivity contribution in [1.29, 1.82) is 0 Å². The maximum absolute atomic E-state index is 14.3. The van der Waals surface area contributed by atoms with Crippen molar-refractivity contribution >= 4 is 50.7 Å². The molecule has 2 atom stereocenters. The van der Waals surface area contributed by atoms with Crippen LogP contribution in [-0.4, -0.2) is 43.8 Å². The van der Waals surface area contributed by atoms with Crippen molar-refractivity contribution in [1.82, 2.24) is 10.2 Å². The maximum atomic E-state index is 14.3. The summed E-state index contributed by atoms with van der Waals surface area (Å²) in [6.45, 7) is 5.08. The van der Waals surface area contributed by atoms with Crippen LogP contribution in [0.5, 0.6) is 11.5 Å². The molecule has 0 saturated heterocycles. The minimum absolute atomic E-state index is 0.00519. The normalized spacial score (nSPS) is 12.5. The fourth-order valence-electron chi connectivity index (χ4n) is 4.75. The molecule has 4 rings (SSSR count). The second-order valence-electron chi connectivity index (χ2n) is 10.7. The van der Waals surface area contributed by atoms with Gasteiger partial charge in [0.25, 0.3) is 10.0 Å². The van der Waals surface area contributed by atoms with Gasteiger partial charge in [0.15, 0.2) is 0 Å². The van der Waals surface area contributed by atoms with E-state index < -0.39 is 28.5 Å². The van der Waals surface area contributed by atoms with Crippen molar-refractivity contribution in [3.63, 3.8) is 0 Å². The van der Waals surface area contributed by atoms with Crippen molar-refractivity contribution in [2.24, 2.45) is 0 Å². The van der Waals surface area contributed by atoms with Gasteiger partial charge in [0, 0.05) is 12.6 Å². The molecule has 46 heavy (non-hydrogen) atoms. The van der Waals surface area contributed by atoms with Gasteiger partial charge in [0.05, 0.1) is 20.6 Å². The van der Waals surface area contributed by atoms with Crippen LogP contribution < -0.4 is 14.4 Å². The van der Waals surface area contributed by atoms with Gasteiger partial charge < -0.3 is 15.0 Å². The molecule has 0 aromatic heterocycles. The van der Waals surface area contributed by atoms with Gasteiger partial charge in [-0.2, -0.15) is 0 Å². The average molecular weight is 683 g/mol. The molecule has 0 fully saturated rings. The first-order chi connectivity index (χ1) is 22.0. The van der Waals surface area contributed by atoms with E-state index >= 15 is 0 Å². The summed E-state index contributed by atoms with van der Waals surface area (Å²) < 4.78 is 35.1. The molecule has 2 amide bonds. The van der Waals surface area contributed by atoms with Gasteiger partial charge in [0.1, 0.15) is 24.1 Å². The summed E-state index contributed by atoms with van der Waals surface area (Å²) in [4.78, 5) is 29.2. The van der Waals surface area contributed by atoms with E-state index in [0.717, 1.165) is 4.31 Å². The Morgan fingerprint density at radius 3 is 2.00 bits per heavy atom. The lowest BCUT2D eigenvalue weighted by molar-refractivity contribution is -0.140. The summed E-state index contributed by atoms with van der Waals surface area (Å²) in [6.07, 6.45) is 1.00. The zero-order chi connectivity index (χ0) is 33.3. The highest BCUT2D eigenvalue weighted by atomic mass is 35.5. The van der Waals surface area contributed by atoms with Crippen LogP contribution in [0.15, 0.2) is 108 Å². The topological polar surface area (TPSA) is 96.0 Å². The molecule has 0 aliphatic rings. The third-order valence-electron chi connectivity index (χ3n) is 7.44. The van der Waals surface area contributed by atoms with Crippen LogP contribution >= 0.6 is 23.2 Å². The molecule has 4 aromatic carbocycles. The Bertz CT molecular complexity index is 1720. The van der Waals surface area contributed by atoms with Gasteiger partial charge in [-0.3, -0.25) is 13.9 Å². The number of carbonyl (C=O) groups excluding carboxylic acids is 2. The molecule has 0 heterocycles. The molecule has 1 N–H and O–H groups in total. The lowest BCUT2D eigenvalue weighted by Crippen LogP contribution is -2.53. The van der Waals surface area contributed by atoms with Gasteiger partial charge in [-0.15, -0.1) is 0 Å². The van der Waals surface area contributed by atoms with Crippen LogP contribution in [0.1, 0.15) is 39.2 Å². The summed E-state index contributed by atoms with van der Waals surface area (Å²) in [5, 5.41) is 3.62. The Balaban J connectivity index is 1.72. The van der Waals surface area contributed by atoms with Gasteiger partial charge in [-0.1, -0.05) is 79.5 Å². The highest BCUT2D eigenvalue weighted by molar-refractivity contribution is 7.92. The maximum Gasteiger partial charge on any atom is 0.264 e. The SMILES string of the molecule is CC[C@H](C(=O)N[C@@H](C)CC)N(Cc1ccc(Cl)c(Cl)c1)C(=O)CN(c1ccc(Oc2ccccc2)cc1)S(=O)(=O)c1ccccc1. The number of nitrogens with zero attached hydrogens (tertiary/aromatic N) is 2. The predicted molar refractivity (Wildman–Crippen MR) is 183 cm³/mol. The van der Waals surface area contributed by atoms with E-state index in [9.17, 15) is 18.0 Å². The van der Waals surface area contributed by atoms with Crippen LogP contribution in [0.4, 0.5) is 5.69 Å². The van der Waals surface area contributed by atoms with E-state index in [1.807, 2.05) is 44.2 Å². The largest absolute Gasteiger partial charge is 0.457 e. The number of para-hydroxylation sites is 1. The molecule has 0 aliphatic carbocycles. The average Bonchev–Trinajstić information content (AvgIpc) is 3.06. The Morgan fingerprint density at radius 1 is 0.804 bits per heavy atom. The number of carbonyl (C=O) groups is 2. The highest BCUT2D eigenvalue weighted by Gasteiger charge is 2.34. The molecule has 4 aromatic rings. The van der Waals surface area contributed by atoms with Crippen LogP contribution in [0.3, 0.4) is 0 Å². The molecule has 11 heteroatoms. The molecular formula is C35H37Cl2N3O5S. The number of sulfonamides is 1. The molecule has 0 bridgehead atoms. The number of nitrogens with one attached hydrogen (secondary N) is 1. The lowest BCUT2D eigenvalue weighted by Gasteiger charge is -2.33. The predicted octanol–water partition coefficient (Wildman–Crippen LogP) is 7.70. The Hall–Kier alpha value is -4.05. The molecule has 0 spiro atoms. The van der Waals surface area contributed by atoms with E-state index in [-0.39, 0.29) is 29.1 Å². The van der Waals surface area contributed by atoms with Crippen LogP contribution in [0.25, 0.3) is 0 Å². The monoisotopic (exact) mass is 681 g/mol. The Labute approximate surface area is 280 Å². The number of rotatable bonds is 14. The minimum Gasteiger partial charge on any atom is -0.457 e. The number of hydrogen-bond acceptors (Lipinski definition) is 5. The zero-order valence-corrected chi connectivity index (χ0v) is 28.2. The Morgan fingerprint density at radius 2 is 1.41 bits per heavy atom. The van der Waals surface area contributed by atoms with E-state index in [1.54, 1.807) is 67.6 Å². The quantitative estimate of drug-likeness (QED) is 0.147. The van der Waals surface area contributed by atoms with Crippen LogP contribution in [0.2, 0.25) is 10.0 Å². The standard InChI is InChI=1S/C35H37Cl2N3O5S/c1-4-25(3)38-35(42)33(5-2)39(23-26-16-21-31(36)32(37)22-26)34(41)24-40(46(43,44)30-14-10-7-11-15-30)27-17-19-29(20-18-27)45-28-12-8-6-9-13-28/h6-22,25,33H,4-5,23-24H2,1-3H3,(H,38,42)/t25-,33+/m0/s1. The van der Waals surface area contributed by atoms with Crippen LogP contribution in [-0.2, 0) is 26.2 Å². The first kappa shape index (κ1) is 34.8. The molecular weight excluding hydrogens is 645 g/mol. The molecule has 0 aliphatic heterocycles. The lowest BCUT2D eigenvalue weighted by atomic mass is 10.1. The fraction of sp³-hybridized carbons (Fsp3) is 0.257. The molecule has 0 saturated carbocycles. The van der Waals surface area contributed by atoms with E-state index in [1.165, 1.54) is 17.0 Å². The molecule has 0 radical (unpaired) electrons. The smallest absolute Gasteiger partial charge is 0.264 e. The first-order valence-electron chi connectivity index (χ1n) is 15.0. The molecule has 242 valence electrons. The summed E-state index contributed by atoms with van der Waals surface area (Å²) in [5.74, 6) is 0.220. The highest BCUT2D eigenvalue weighted by Crippen LogP contribution is 2.29. The second kappa shape index (κ2) is 16.0. The van der Waals surface area contributed by atoms with E-state index in [4.69, 9.17) is 27.9 Å². The summed E-state index contributed by atoms with van der Waals surface area (Å²) >= 11 is 12.4. The van der Waals surface area contributed by atoms with Crippen molar-refractivity contribution in [3.8, 4) is 11.5 Å². The third-order valence-corrected chi connectivity index (χ3v) is 9.96. The zero-order valence-electron chi connectivity index (χ0n) is 25.9. The first-order valence-corrected chi connectivity index (χ1v) is 17.2. The van der Waals surface area contributed by atoms with Gasteiger partial charge in [-0.25, -0.2) is 8.42 Å². The number of amides is 2. The van der Waals surface area contributed by atoms with Crippen LogP contribution in [0, 0.1) is 0 Å². The summed E-state index contributed by atoms with van der Waals surface area (Å²) in [5.41, 5.74) is 0.890. The number of anilines is 1. The van der Waals surface area contributed by atoms with Gasteiger partial charge in [-0.05, 0) is 86.0 Å². The van der Waals surface area contributed by atoms with Crippen molar-refractivity contribution in [3.05, 3.63) is 119 Å². The number of halogens is 2. The minimum atomic E-state index is -4.21. The third kappa shape index (κ3) is 8.81. The fourth-order valence-corrected chi connectivity index (χ4v) is 6.50. The summed E-state index contributed by atoms with van der Waals surface area (Å²) in [7, 11) is -4.21. The number of ether oxygens (including phenoxy) is 1. The van der Waals surface area contributed by atoms with Crippen molar-refractivity contribution in [2.45, 2.75) is 57.1 Å². The van der Waals surface area contributed by atoms with Gasteiger partial charge >= 0.3 is 0 Å².